The second-order valence-electron chi connectivity index (χ2n) is 5.55. The molecule has 0 bridgehead atoms. The van der Waals surface area contributed by atoms with Crippen LogP contribution in [0, 0.1) is 5.92 Å². The fourth-order valence-electron chi connectivity index (χ4n) is 2.53. The van der Waals surface area contributed by atoms with Crippen molar-refractivity contribution in [3.63, 3.8) is 0 Å². The van der Waals surface area contributed by atoms with Gasteiger partial charge in [-0.05, 0) is 43.5 Å². The van der Waals surface area contributed by atoms with Crippen LogP contribution in [-0.2, 0) is 11.0 Å². The summed E-state index contributed by atoms with van der Waals surface area (Å²) < 4.78 is 37.5. The molecule has 0 aliphatic carbocycles. The van der Waals surface area contributed by atoms with Crippen molar-refractivity contribution in [3.8, 4) is 0 Å². The van der Waals surface area contributed by atoms with E-state index in [9.17, 15) is 18.0 Å². The maximum atomic E-state index is 12.5. The van der Waals surface area contributed by atoms with Gasteiger partial charge >= 0.3 is 6.18 Å². The highest BCUT2D eigenvalue weighted by Gasteiger charge is 2.31. The summed E-state index contributed by atoms with van der Waals surface area (Å²) in [6.45, 7) is 4.58. The number of hydrogen-bond acceptors (Lipinski definition) is 2. The molecule has 1 aliphatic heterocycles. The van der Waals surface area contributed by atoms with Crippen molar-refractivity contribution in [2.45, 2.75) is 38.5 Å². The molecule has 21 heavy (non-hydrogen) atoms. The van der Waals surface area contributed by atoms with Crippen LogP contribution in [0.25, 0.3) is 0 Å². The minimum absolute atomic E-state index is 0.104. The molecule has 0 spiro atoms. The maximum Gasteiger partial charge on any atom is 0.416 e. The zero-order valence-electron chi connectivity index (χ0n) is 12.0. The highest BCUT2D eigenvalue weighted by Crippen LogP contribution is 2.30. The maximum absolute atomic E-state index is 12.5. The summed E-state index contributed by atoms with van der Waals surface area (Å²) in [5, 5.41) is 5.98. The zero-order valence-corrected chi connectivity index (χ0v) is 12.0. The first-order valence-electron chi connectivity index (χ1n) is 7.00. The molecule has 116 valence electrons. The van der Waals surface area contributed by atoms with Gasteiger partial charge in [-0.2, -0.15) is 13.2 Å². The van der Waals surface area contributed by atoms with Crippen molar-refractivity contribution in [2.24, 2.45) is 5.92 Å². The molecule has 1 aromatic rings. The molecule has 3 unspecified atom stereocenters. The molecule has 2 rings (SSSR count). The number of alkyl halides is 3. The van der Waals surface area contributed by atoms with Crippen LogP contribution >= 0.6 is 0 Å². The van der Waals surface area contributed by atoms with Gasteiger partial charge in [0.1, 0.15) is 0 Å². The first-order chi connectivity index (χ1) is 9.79. The predicted molar refractivity (Wildman–Crippen MR) is 73.6 cm³/mol. The molecule has 1 aliphatic rings. The van der Waals surface area contributed by atoms with Crippen LogP contribution in [0.4, 0.5) is 13.2 Å². The van der Waals surface area contributed by atoms with Crippen LogP contribution < -0.4 is 10.6 Å². The molecule has 3 nitrogen and oxygen atoms in total. The molecule has 1 amide bonds. The Labute approximate surface area is 121 Å². The van der Waals surface area contributed by atoms with Crippen molar-refractivity contribution in [2.75, 3.05) is 6.54 Å². The molecule has 1 heterocycles. The van der Waals surface area contributed by atoms with E-state index in [0.29, 0.717) is 5.56 Å². The molecular formula is C15H19F3N2O. The molecule has 1 fully saturated rings. The Morgan fingerprint density at radius 3 is 2.43 bits per heavy atom. The van der Waals surface area contributed by atoms with Gasteiger partial charge in [-0.1, -0.05) is 19.1 Å². The Kier molecular flexibility index (Phi) is 4.56. The van der Waals surface area contributed by atoms with Crippen molar-refractivity contribution >= 4 is 5.91 Å². The Morgan fingerprint density at radius 1 is 1.33 bits per heavy atom. The molecule has 0 aromatic heterocycles. The average molecular weight is 300 g/mol. The topological polar surface area (TPSA) is 41.1 Å². The van der Waals surface area contributed by atoms with Crippen molar-refractivity contribution in [1.82, 2.24) is 10.6 Å². The lowest BCUT2D eigenvalue weighted by molar-refractivity contribution is -0.137. The van der Waals surface area contributed by atoms with Crippen molar-refractivity contribution in [1.29, 1.82) is 0 Å². The number of carbonyl (C=O) groups is 1. The van der Waals surface area contributed by atoms with Gasteiger partial charge in [0, 0.05) is 0 Å². The Hall–Kier alpha value is -1.56. The molecule has 3 atom stereocenters. The van der Waals surface area contributed by atoms with Gasteiger partial charge in [-0.15, -0.1) is 0 Å². The van der Waals surface area contributed by atoms with Crippen LogP contribution in [0.15, 0.2) is 24.3 Å². The molecule has 1 aromatic carbocycles. The summed E-state index contributed by atoms with van der Waals surface area (Å²) in [6, 6.07) is 4.33. The third-order valence-electron chi connectivity index (χ3n) is 3.91. The van der Waals surface area contributed by atoms with Crippen LogP contribution in [0.5, 0.6) is 0 Å². The zero-order chi connectivity index (χ0) is 15.6. The average Bonchev–Trinajstić information content (AvgIpc) is 2.84. The van der Waals surface area contributed by atoms with E-state index in [1.165, 1.54) is 12.1 Å². The molecule has 6 heteroatoms. The van der Waals surface area contributed by atoms with Gasteiger partial charge in [-0.25, -0.2) is 0 Å². The third kappa shape index (κ3) is 3.75. The largest absolute Gasteiger partial charge is 0.416 e. The quantitative estimate of drug-likeness (QED) is 0.901. The van der Waals surface area contributed by atoms with Gasteiger partial charge in [0.15, 0.2) is 0 Å². The molecule has 2 N–H and O–H groups in total. The Bertz CT molecular complexity index is 499. The number of amides is 1. The summed E-state index contributed by atoms with van der Waals surface area (Å²) >= 11 is 0. The minimum Gasteiger partial charge on any atom is -0.348 e. The Morgan fingerprint density at radius 2 is 1.95 bits per heavy atom. The highest BCUT2D eigenvalue weighted by molar-refractivity contribution is 5.82. The van der Waals surface area contributed by atoms with Gasteiger partial charge in [0.05, 0.1) is 17.6 Å². The van der Waals surface area contributed by atoms with Gasteiger partial charge < -0.3 is 10.6 Å². The summed E-state index contributed by atoms with van der Waals surface area (Å²) in [5.74, 6) is 0.164. The molecule has 1 saturated heterocycles. The van der Waals surface area contributed by atoms with Gasteiger partial charge in [0.2, 0.25) is 5.91 Å². The van der Waals surface area contributed by atoms with E-state index in [2.05, 4.69) is 10.6 Å². The second-order valence-corrected chi connectivity index (χ2v) is 5.55. The lowest BCUT2D eigenvalue weighted by atomic mass is 10.0. The van der Waals surface area contributed by atoms with Gasteiger partial charge in [-0.3, -0.25) is 4.79 Å². The van der Waals surface area contributed by atoms with Crippen LogP contribution in [-0.4, -0.2) is 18.5 Å². The van der Waals surface area contributed by atoms with E-state index in [1.807, 2.05) is 6.92 Å². The van der Waals surface area contributed by atoms with Crippen molar-refractivity contribution < 1.29 is 18.0 Å². The van der Waals surface area contributed by atoms with Crippen molar-refractivity contribution in [3.05, 3.63) is 35.4 Å². The fourth-order valence-corrected chi connectivity index (χ4v) is 2.53. The standard InChI is InChI=1S/C15H19F3N2O/c1-9-7-8-19-13(9)14(21)20-10(2)11-3-5-12(6-4-11)15(16,17)18/h3-6,9-10,13,19H,7-8H2,1-2H3,(H,20,21). The normalized spacial score (nSPS) is 23.9. The van der Waals surface area contributed by atoms with E-state index in [4.69, 9.17) is 0 Å². The highest BCUT2D eigenvalue weighted by atomic mass is 19.4. The Balaban J connectivity index is 2.00. The number of halogens is 3. The number of hydrogen-bond donors (Lipinski definition) is 2. The molecule has 0 saturated carbocycles. The number of nitrogens with one attached hydrogen (secondary N) is 2. The van der Waals surface area contributed by atoms with E-state index in [0.717, 1.165) is 25.1 Å². The first-order valence-corrected chi connectivity index (χ1v) is 7.00. The van der Waals surface area contributed by atoms with E-state index < -0.39 is 11.7 Å². The van der Waals surface area contributed by atoms with E-state index >= 15 is 0 Å². The summed E-state index contributed by atoms with van der Waals surface area (Å²) in [5.41, 5.74) is -0.0298. The molecule has 0 radical (unpaired) electrons. The van der Waals surface area contributed by atoms with E-state index in [1.54, 1.807) is 6.92 Å². The summed E-state index contributed by atoms with van der Waals surface area (Å²) in [4.78, 5) is 12.1. The third-order valence-corrected chi connectivity index (χ3v) is 3.91. The monoisotopic (exact) mass is 300 g/mol. The van der Waals surface area contributed by atoms with Crippen LogP contribution in [0.3, 0.4) is 0 Å². The SMILES string of the molecule is CC(NC(=O)C1NCCC1C)c1ccc(C(F)(F)F)cc1. The molecular weight excluding hydrogens is 281 g/mol. The lowest BCUT2D eigenvalue weighted by Crippen LogP contribution is -2.44. The van der Waals surface area contributed by atoms with E-state index in [-0.39, 0.29) is 23.9 Å². The lowest BCUT2D eigenvalue weighted by Gasteiger charge is -2.20. The smallest absolute Gasteiger partial charge is 0.348 e. The van der Waals surface area contributed by atoms with Gasteiger partial charge in [0.25, 0.3) is 0 Å². The summed E-state index contributed by atoms with van der Waals surface area (Å²) in [6.07, 6.45) is -3.39. The summed E-state index contributed by atoms with van der Waals surface area (Å²) in [7, 11) is 0. The number of carbonyl (C=O) groups excluding carboxylic acids is 1. The number of benzene rings is 1. The fraction of sp³-hybridized carbons (Fsp3) is 0.533. The number of rotatable bonds is 3. The first kappa shape index (κ1) is 15.8. The predicted octanol–water partition coefficient (Wildman–Crippen LogP) is 2.88. The van der Waals surface area contributed by atoms with Crippen LogP contribution in [0.2, 0.25) is 0 Å². The second kappa shape index (κ2) is 6.05. The minimum atomic E-state index is -4.34. The van der Waals surface area contributed by atoms with Crippen LogP contribution in [0.1, 0.15) is 37.4 Å².